The van der Waals surface area contributed by atoms with Crippen LogP contribution in [0.4, 0.5) is 4.39 Å². The van der Waals surface area contributed by atoms with Gasteiger partial charge in [-0.15, -0.1) is 0 Å². The molecule has 0 radical (unpaired) electrons. The number of nitrogens with zero attached hydrogens (tertiary/aromatic N) is 2. The van der Waals surface area contributed by atoms with E-state index in [1.54, 1.807) is 6.07 Å². The zero-order valence-corrected chi connectivity index (χ0v) is 11.5. The van der Waals surface area contributed by atoms with Crippen LogP contribution in [0.25, 0.3) is 11.4 Å². The molecule has 2 rings (SSSR count). The molecular weight excluding hydrogens is 269 g/mol. The van der Waals surface area contributed by atoms with Gasteiger partial charge in [-0.05, 0) is 31.5 Å². The summed E-state index contributed by atoms with van der Waals surface area (Å²) < 4.78 is 18.2. The standard InChI is InChI=1S/C13H15ClFN3O/c1-3-8(2)16-7-12-17-13(18-19-12)9-4-5-11(15)10(14)6-9/h4-6,8,16H,3,7H2,1-2H3. The van der Waals surface area contributed by atoms with E-state index in [4.69, 9.17) is 16.1 Å². The second-order valence-corrected chi connectivity index (χ2v) is 4.74. The Balaban J connectivity index is 2.09. The highest BCUT2D eigenvalue weighted by atomic mass is 35.5. The van der Waals surface area contributed by atoms with Gasteiger partial charge in [0.05, 0.1) is 11.6 Å². The third-order valence-electron chi connectivity index (χ3n) is 2.86. The van der Waals surface area contributed by atoms with Crippen molar-refractivity contribution in [3.8, 4) is 11.4 Å². The first-order valence-corrected chi connectivity index (χ1v) is 6.49. The van der Waals surface area contributed by atoms with Crippen molar-refractivity contribution in [1.29, 1.82) is 0 Å². The molecule has 0 aliphatic carbocycles. The van der Waals surface area contributed by atoms with E-state index in [0.29, 0.717) is 29.9 Å². The minimum absolute atomic E-state index is 0.0431. The Bertz CT molecular complexity index is 559. The number of hydrogen-bond acceptors (Lipinski definition) is 4. The van der Waals surface area contributed by atoms with Gasteiger partial charge in [-0.1, -0.05) is 23.7 Å². The second-order valence-electron chi connectivity index (χ2n) is 4.33. The Morgan fingerprint density at radius 2 is 2.26 bits per heavy atom. The fourth-order valence-corrected chi connectivity index (χ4v) is 1.67. The molecule has 19 heavy (non-hydrogen) atoms. The zero-order chi connectivity index (χ0) is 13.8. The maximum Gasteiger partial charge on any atom is 0.240 e. The van der Waals surface area contributed by atoms with Gasteiger partial charge in [0.25, 0.3) is 0 Å². The predicted molar refractivity (Wildman–Crippen MR) is 71.3 cm³/mol. The van der Waals surface area contributed by atoms with E-state index in [0.717, 1.165) is 6.42 Å². The van der Waals surface area contributed by atoms with E-state index in [2.05, 4.69) is 29.3 Å². The van der Waals surface area contributed by atoms with Crippen molar-refractivity contribution in [1.82, 2.24) is 15.5 Å². The fraction of sp³-hybridized carbons (Fsp3) is 0.385. The summed E-state index contributed by atoms with van der Waals surface area (Å²) in [5, 5.41) is 7.15. The first kappa shape index (κ1) is 14.0. The molecule has 4 nitrogen and oxygen atoms in total. The molecule has 0 saturated carbocycles. The Morgan fingerprint density at radius 3 is 2.95 bits per heavy atom. The van der Waals surface area contributed by atoms with Crippen molar-refractivity contribution in [2.24, 2.45) is 0 Å². The monoisotopic (exact) mass is 283 g/mol. The Kier molecular flexibility index (Phi) is 4.50. The molecule has 0 spiro atoms. The Labute approximate surface area is 116 Å². The number of aromatic nitrogens is 2. The number of halogens is 2. The van der Waals surface area contributed by atoms with Crippen molar-refractivity contribution in [3.63, 3.8) is 0 Å². The first-order valence-electron chi connectivity index (χ1n) is 6.11. The Morgan fingerprint density at radius 1 is 1.47 bits per heavy atom. The van der Waals surface area contributed by atoms with Gasteiger partial charge < -0.3 is 9.84 Å². The minimum atomic E-state index is -0.465. The molecule has 6 heteroatoms. The average Bonchev–Trinajstić information content (AvgIpc) is 2.88. The second kappa shape index (κ2) is 6.12. The summed E-state index contributed by atoms with van der Waals surface area (Å²) >= 11 is 5.72. The molecular formula is C13H15ClFN3O. The largest absolute Gasteiger partial charge is 0.338 e. The van der Waals surface area contributed by atoms with Crippen molar-refractivity contribution in [2.45, 2.75) is 32.9 Å². The minimum Gasteiger partial charge on any atom is -0.338 e. The van der Waals surface area contributed by atoms with Crippen molar-refractivity contribution in [2.75, 3.05) is 0 Å². The number of benzene rings is 1. The smallest absolute Gasteiger partial charge is 0.240 e. The Hall–Kier alpha value is -1.46. The van der Waals surface area contributed by atoms with Gasteiger partial charge in [0, 0.05) is 11.6 Å². The van der Waals surface area contributed by atoms with Crippen molar-refractivity contribution in [3.05, 3.63) is 34.9 Å². The number of nitrogens with one attached hydrogen (secondary N) is 1. The summed E-state index contributed by atoms with van der Waals surface area (Å²) in [4.78, 5) is 4.24. The van der Waals surface area contributed by atoms with Crippen LogP contribution in [0, 0.1) is 5.82 Å². The highest BCUT2D eigenvalue weighted by Crippen LogP contribution is 2.22. The van der Waals surface area contributed by atoms with Crippen LogP contribution in [0.1, 0.15) is 26.2 Å². The SMILES string of the molecule is CCC(C)NCc1nc(-c2ccc(F)c(Cl)c2)no1. The average molecular weight is 284 g/mol. The summed E-state index contributed by atoms with van der Waals surface area (Å²) in [6.45, 7) is 4.69. The van der Waals surface area contributed by atoms with Gasteiger partial charge in [-0.25, -0.2) is 4.39 Å². The van der Waals surface area contributed by atoms with Crippen LogP contribution in [0.5, 0.6) is 0 Å². The lowest BCUT2D eigenvalue weighted by Gasteiger charge is -2.07. The highest BCUT2D eigenvalue weighted by molar-refractivity contribution is 6.31. The molecule has 1 N–H and O–H groups in total. The van der Waals surface area contributed by atoms with E-state index in [1.165, 1.54) is 12.1 Å². The summed E-state index contributed by atoms with van der Waals surface area (Å²) in [5.74, 6) is 0.436. The zero-order valence-electron chi connectivity index (χ0n) is 10.8. The summed E-state index contributed by atoms with van der Waals surface area (Å²) in [6, 6.07) is 4.71. The molecule has 0 fully saturated rings. The topological polar surface area (TPSA) is 51.0 Å². The van der Waals surface area contributed by atoms with Gasteiger partial charge in [0.2, 0.25) is 11.7 Å². The quantitative estimate of drug-likeness (QED) is 0.913. The summed E-state index contributed by atoms with van der Waals surface area (Å²) in [5.41, 5.74) is 0.630. The molecule has 0 aliphatic heterocycles. The molecule has 0 bridgehead atoms. The van der Waals surface area contributed by atoms with Gasteiger partial charge in [0.1, 0.15) is 5.82 Å². The van der Waals surface area contributed by atoms with Crippen LogP contribution >= 0.6 is 11.6 Å². The molecule has 1 aromatic heterocycles. The molecule has 1 unspecified atom stereocenters. The van der Waals surface area contributed by atoms with E-state index >= 15 is 0 Å². The van der Waals surface area contributed by atoms with Gasteiger partial charge in [-0.2, -0.15) is 4.98 Å². The third kappa shape index (κ3) is 3.52. The molecule has 0 amide bonds. The predicted octanol–water partition coefficient (Wildman–Crippen LogP) is 3.42. The van der Waals surface area contributed by atoms with E-state index in [-0.39, 0.29) is 5.02 Å². The lowest BCUT2D eigenvalue weighted by Crippen LogP contribution is -2.24. The van der Waals surface area contributed by atoms with Gasteiger partial charge in [-0.3, -0.25) is 0 Å². The molecule has 1 atom stereocenters. The summed E-state index contributed by atoms with van der Waals surface area (Å²) in [7, 11) is 0. The molecule has 2 aromatic rings. The van der Waals surface area contributed by atoms with Crippen LogP contribution in [0.15, 0.2) is 22.7 Å². The van der Waals surface area contributed by atoms with Crippen molar-refractivity contribution < 1.29 is 8.91 Å². The maximum absolute atomic E-state index is 13.1. The highest BCUT2D eigenvalue weighted by Gasteiger charge is 2.11. The number of rotatable bonds is 5. The van der Waals surface area contributed by atoms with Crippen LogP contribution in [0.3, 0.4) is 0 Å². The number of hydrogen-bond donors (Lipinski definition) is 1. The molecule has 1 heterocycles. The van der Waals surface area contributed by atoms with Crippen LogP contribution in [0.2, 0.25) is 5.02 Å². The molecule has 0 aliphatic rings. The molecule has 1 aromatic carbocycles. The van der Waals surface area contributed by atoms with Gasteiger partial charge >= 0.3 is 0 Å². The van der Waals surface area contributed by atoms with Crippen molar-refractivity contribution >= 4 is 11.6 Å². The molecule has 0 saturated heterocycles. The van der Waals surface area contributed by atoms with E-state index < -0.39 is 5.82 Å². The van der Waals surface area contributed by atoms with Crippen LogP contribution in [-0.4, -0.2) is 16.2 Å². The lowest BCUT2D eigenvalue weighted by atomic mass is 10.2. The van der Waals surface area contributed by atoms with Crippen LogP contribution < -0.4 is 5.32 Å². The summed E-state index contributed by atoms with van der Waals surface area (Å²) in [6.07, 6.45) is 1.02. The normalized spacial score (nSPS) is 12.6. The fourth-order valence-electron chi connectivity index (χ4n) is 1.49. The lowest BCUT2D eigenvalue weighted by molar-refractivity contribution is 0.358. The van der Waals surface area contributed by atoms with E-state index in [9.17, 15) is 4.39 Å². The van der Waals surface area contributed by atoms with E-state index in [1.807, 2.05) is 0 Å². The maximum atomic E-state index is 13.1. The first-order chi connectivity index (χ1) is 9.10. The van der Waals surface area contributed by atoms with Crippen LogP contribution in [-0.2, 0) is 6.54 Å². The van der Waals surface area contributed by atoms with Gasteiger partial charge in [0.15, 0.2) is 0 Å². The molecule has 102 valence electrons. The third-order valence-corrected chi connectivity index (χ3v) is 3.15.